The summed E-state index contributed by atoms with van der Waals surface area (Å²) in [6, 6.07) is 13.1. The zero-order chi connectivity index (χ0) is 25.5. The average Bonchev–Trinajstić information content (AvgIpc) is 3.66. The molecule has 0 bridgehead atoms. The number of hydrogen-bond donors (Lipinski definition) is 2. The van der Waals surface area contributed by atoms with Crippen molar-refractivity contribution in [2.24, 2.45) is 5.92 Å². The molecule has 1 aliphatic rings. The van der Waals surface area contributed by atoms with E-state index in [1.165, 1.54) is 18.4 Å². The van der Waals surface area contributed by atoms with Crippen LogP contribution in [0.3, 0.4) is 0 Å². The van der Waals surface area contributed by atoms with Gasteiger partial charge in [0.1, 0.15) is 5.76 Å². The van der Waals surface area contributed by atoms with Crippen LogP contribution in [-0.2, 0) is 0 Å². The van der Waals surface area contributed by atoms with Gasteiger partial charge in [-0.25, -0.2) is 4.79 Å². The molecule has 0 saturated heterocycles. The molecular weight excluding hydrogens is 464 g/mol. The molecule has 0 spiro atoms. The smallest absolute Gasteiger partial charge is 0.335 e. The van der Waals surface area contributed by atoms with Crippen LogP contribution in [0.1, 0.15) is 64.7 Å². The highest BCUT2D eigenvalue weighted by Gasteiger charge is 2.34. The number of fused-ring (bicyclic) bond motifs is 1. The molecule has 0 unspecified atom stereocenters. The maximum absolute atomic E-state index is 11.4. The van der Waals surface area contributed by atoms with Crippen LogP contribution in [0.15, 0.2) is 65.6 Å². The van der Waals surface area contributed by atoms with Crippen LogP contribution >= 0.6 is 0 Å². The van der Waals surface area contributed by atoms with Gasteiger partial charge in [-0.3, -0.25) is 9.97 Å². The summed E-state index contributed by atoms with van der Waals surface area (Å²) in [5.41, 5.74) is 8.97. The fourth-order valence-corrected chi connectivity index (χ4v) is 5.97. The molecule has 4 heterocycles. The standard InChI is InChI=1S/C30H28N4O3/c1-17-25(18(2)37-34-17)23-16-32-28-22(19-10-12-21(13-11-19)30(35)36)15-33-29(28)27(23)26(20-7-3-4-8-20)24-9-5-6-14-31-24/h5-6,9-16,20,26,33H,3-4,7-8H2,1-2H3,(H,35,36)/t26-/m1/s1. The topological polar surface area (TPSA) is 105 Å². The van der Waals surface area contributed by atoms with Gasteiger partial charge in [0.25, 0.3) is 0 Å². The monoisotopic (exact) mass is 492 g/mol. The van der Waals surface area contributed by atoms with Crippen molar-refractivity contribution in [2.45, 2.75) is 45.4 Å². The van der Waals surface area contributed by atoms with Crippen molar-refractivity contribution >= 4 is 17.0 Å². The lowest BCUT2D eigenvalue weighted by Crippen LogP contribution is -2.15. The molecule has 7 heteroatoms. The first-order chi connectivity index (χ1) is 18.0. The largest absolute Gasteiger partial charge is 0.478 e. The predicted molar refractivity (Wildman–Crippen MR) is 141 cm³/mol. The van der Waals surface area contributed by atoms with Gasteiger partial charge in [0.15, 0.2) is 0 Å². The van der Waals surface area contributed by atoms with E-state index in [1.54, 1.807) is 12.1 Å². The Kier molecular flexibility index (Phi) is 5.83. The van der Waals surface area contributed by atoms with Gasteiger partial charge in [-0.2, -0.15) is 0 Å². The summed E-state index contributed by atoms with van der Waals surface area (Å²) < 4.78 is 5.58. The second kappa shape index (κ2) is 9.32. The van der Waals surface area contributed by atoms with Gasteiger partial charge in [0, 0.05) is 46.9 Å². The van der Waals surface area contributed by atoms with Crippen molar-refractivity contribution < 1.29 is 14.4 Å². The van der Waals surface area contributed by atoms with E-state index >= 15 is 0 Å². The summed E-state index contributed by atoms with van der Waals surface area (Å²) in [6.07, 6.45) is 10.5. The third kappa shape index (κ3) is 4.00. The number of carboxylic acid groups (broad SMARTS) is 1. The summed E-state index contributed by atoms with van der Waals surface area (Å²) in [6.45, 7) is 3.91. The van der Waals surface area contributed by atoms with E-state index in [9.17, 15) is 9.90 Å². The van der Waals surface area contributed by atoms with Crippen LogP contribution in [0.25, 0.3) is 33.3 Å². The zero-order valence-electron chi connectivity index (χ0n) is 20.9. The van der Waals surface area contributed by atoms with Crippen molar-refractivity contribution in [2.75, 3.05) is 0 Å². The number of nitrogens with one attached hydrogen (secondary N) is 1. The van der Waals surface area contributed by atoms with Gasteiger partial charge in [-0.05, 0) is 68.0 Å². The number of hydrogen-bond acceptors (Lipinski definition) is 5. The van der Waals surface area contributed by atoms with E-state index in [0.717, 1.165) is 63.3 Å². The summed E-state index contributed by atoms with van der Waals surface area (Å²) in [7, 11) is 0. The van der Waals surface area contributed by atoms with Gasteiger partial charge < -0.3 is 14.6 Å². The van der Waals surface area contributed by atoms with Crippen LogP contribution in [0, 0.1) is 19.8 Å². The van der Waals surface area contributed by atoms with Crippen LogP contribution in [0.5, 0.6) is 0 Å². The summed E-state index contributed by atoms with van der Waals surface area (Å²) >= 11 is 0. The highest BCUT2D eigenvalue weighted by Crippen LogP contribution is 2.47. The Bertz CT molecular complexity index is 1560. The zero-order valence-corrected chi connectivity index (χ0v) is 20.9. The van der Waals surface area contributed by atoms with E-state index < -0.39 is 5.97 Å². The number of aromatic amines is 1. The normalized spacial score (nSPS) is 14.9. The molecule has 1 saturated carbocycles. The number of aromatic carboxylic acids is 1. The molecular formula is C30H28N4O3. The minimum Gasteiger partial charge on any atom is -0.478 e. The lowest BCUT2D eigenvalue weighted by Gasteiger charge is -2.26. The number of nitrogens with zero attached hydrogens (tertiary/aromatic N) is 3. The Morgan fingerprint density at radius 3 is 2.49 bits per heavy atom. The minimum atomic E-state index is -0.940. The highest BCUT2D eigenvalue weighted by atomic mass is 16.5. The molecule has 7 nitrogen and oxygen atoms in total. The predicted octanol–water partition coefficient (Wildman–Crippen LogP) is 6.92. The molecule has 1 aliphatic carbocycles. The Hall–Kier alpha value is -4.26. The molecule has 0 aliphatic heterocycles. The van der Waals surface area contributed by atoms with Gasteiger partial charge in [-0.15, -0.1) is 0 Å². The minimum absolute atomic E-state index is 0.0822. The quantitative estimate of drug-likeness (QED) is 0.267. The van der Waals surface area contributed by atoms with E-state index in [2.05, 4.69) is 22.3 Å². The van der Waals surface area contributed by atoms with E-state index in [4.69, 9.17) is 14.5 Å². The summed E-state index contributed by atoms with van der Waals surface area (Å²) in [4.78, 5) is 24.7. The molecule has 0 radical (unpaired) electrons. The SMILES string of the molecule is Cc1noc(C)c1-c1cnc2c(-c3ccc(C(=O)O)cc3)c[nH]c2c1[C@@H](c1ccccn1)C1CCCC1. The van der Waals surface area contributed by atoms with E-state index in [1.807, 2.05) is 50.6 Å². The Morgan fingerprint density at radius 2 is 1.84 bits per heavy atom. The Labute approximate surface area is 214 Å². The number of carboxylic acids is 1. The molecule has 1 aromatic carbocycles. The number of benzene rings is 1. The van der Waals surface area contributed by atoms with E-state index in [0.29, 0.717) is 5.92 Å². The van der Waals surface area contributed by atoms with Crippen LogP contribution in [0.2, 0.25) is 0 Å². The number of H-pyrrole nitrogens is 1. The molecule has 1 atom stereocenters. The average molecular weight is 493 g/mol. The first-order valence-electron chi connectivity index (χ1n) is 12.7. The lowest BCUT2D eigenvalue weighted by atomic mass is 9.78. The highest BCUT2D eigenvalue weighted by molar-refractivity contribution is 5.98. The Balaban J connectivity index is 1.62. The van der Waals surface area contributed by atoms with Crippen molar-refractivity contribution in [1.82, 2.24) is 20.1 Å². The molecule has 37 heavy (non-hydrogen) atoms. The molecule has 5 aromatic rings. The van der Waals surface area contributed by atoms with E-state index in [-0.39, 0.29) is 11.5 Å². The fourth-order valence-electron chi connectivity index (χ4n) is 5.97. The van der Waals surface area contributed by atoms with Crippen LogP contribution in [-0.4, -0.2) is 31.2 Å². The summed E-state index contributed by atoms with van der Waals surface area (Å²) in [5.74, 6) is 0.368. The van der Waals surface area contributed by atoms with Crippen molar-refractivity contribution in [3.05, 3.63) is 89.3 Å². The molecule has 4 aromatic heterocycles. The van der Waals surface area contributed by atoms with Crippen molar-refractivity contribution in [3.8, 4) is 22.3 Å². The third-order valence-electron chi connectivity index (χ3n) is 7.67. The Morgan fingerprint density at radius 1 is 1.05 bits per heavy atom. The van der Waals surface area contributed by atoms with Gasteiger partial charge in [0.05, 0.1) is 22.3 Å². The second-order valence-electron chi connectivity index (χ2n) is 9.87. The number of aromatic nitrogens is 4. The lowest BCUT2D eigenvalue weighted by molar-refractivity contribution is 0.0697. The third-order valence-corrected chi connectivity index (χ3v) is 7.67. The summed E-state index contributed by atoms with van der Waals surface area (Å²) in [5, 5.41) is 13.6. The molecule has 2 N–H and O–H groups in total. The molecule has 6 rings (SSSR count). The molecule has 186 valence electrons. The number of carbonyl (C=O) groups is 1. The number of pyridine rings is 2. The molecule has 0 amide bonds. The first-order valence-corrected chi connectivity index (χ1v) is 12.7. The maximum Gasteiger partial charge on any atom is 0.335 e. The van der Waals surface area contributed by atoms with Crippen LogP contribution < -0.4 is 0 Å². The van der Waals surface area contributed by atoms with Crippen LogP contribution in [0.4, 0.5) is 0 Å². The van der Waals surface area contributed by atoms with Crippen molar-refractivity contribution in [1.29, 1.82) is 0 Å². The number of aryl methyl sites for hydroxylation is 2. The maximum atomic E-state index is 11.4. The molecule has 1 fully saturated rings. The fraction of sp³-hybridized carbons (Fsp3) is 0.267. The second-order valence-corrected chi connectivity index (χ2v) is 9.87. The van der Waals surface area contributed by atoms with Gasteiger partial charge >= 0.3 is 5.97 Å². The van der Waals surface area contributed by atoms with Crippen molar-refractivity contribution in [3.63, 3.8) is 0 Å². The first kappa shape index (κ1) is 23.2. The number of rotatable bonds is 6. The van der Waals surface area contributed by atoms with Gasteiger partial charge in [-0.1, -0.05) is 36.2 Å². The van der Waals surface area contributed by atoms with Gasteiger partial charge in [0.2, 0.25) is 0 Å².